The van der Waals surface area contributed by atoms with Crippen molar-refractivity contribution >= 4 is 29.3 Å². The summed E-state index contributed by atoms with van der Waals surface area (Å²) in [4.78, 5) is 35.1. The van der Waals surface area contributed by atoms with Gasteiger partial charge in [0.25, 0.3) is 17.5 Å². The van der Waals surface area contributed by atoms with Crippen molar-refractivity contribution < 1.29 is 14.5 Å². The van der Waals surface area contributed by atoms with Crippen LogP contribution < -0.4 is 10.4 Å². The number of nitro benzene ring substituents is 1. The third kappa shape index (κ3) is 3.12. The van der Waals surface area contributed by atoms with Gasteiger partial charge >= 0.3 is 0 Å². The van der Waals surface area contributed by atoms with E-state index in [-0.39, 0.29) is 11.3 Å². The number of nitro groups is 1. The van der Waals surface area contributed by atoms with Gasteiger partial charge < -0.3 is 0 Å². The van der Waals surface area contributed by atoms with Crippen LogP contribution in [0, 0.1) is 24.0 Å². The quantitative estimate of drug-likeness (QED) is 0.403. The molecule has 1 aliphatic rings. The molecule has 0 unspecified atom stereocenters. The Morgan fingerprint density at radius 2 is 1.84 bits per heavy atom. The van der Waals surface area contributed by atoms with E-state index in [0.717, 1.165) is 11.1 Å². The minimum atomic E-state index is -0.547. The molecule has 0 aliphatic carbocycles. The molecule has 3 rings (SSSR count). The van der Waals surface area contributed by atoms with E-state index in [1.807, 2.05) is 26.0 Å². The Hall–Kier alpha value is -3.48. The number of carbonyl (C=O) groups is 2. The van der Waals surface area contributed by atoms with Gasteiger partial charge in [-0.15, -0.1) is 0 Å². The molecule has 7 heteroatoms. The number of nitrogens with zero attached hydrogens (tertiary/aromatic N) is 2. The largest absolute Gasteiger partial charge is 0.282 e. The number of rotatable bonds is 3. The van der Waals surface area contributed by atoms with Crippen molar-refractivity contribution in [3.05, 3.63) is 74.8 Å². The van der Waals surface area contributed by atoms with Crippen LogP contribution in [0.15, 0.2) is 48.0 Å². The van der Waals surface area contributed by atoms with Crippen molar-refractivity contribution in [3.8, 4) is 0 Å². The number of aryl methyl sites for hydroxylation is 2. The molecule has 0 bridgehead atoms. The molecular formula is C18H15N3O4. The van der Waals surface area contributed by atoms with Gasteiger partial charge in [-0.1, -0.05) is 18.2 Å². The van der Waals surface area contributed by atoms with E-state index in [4.69, 9.17) is 0 Å². The number of nitrogens with one attached hydrogen (secondary N) is 1. The van der Waals surface area contributed by atoms with Gasteiger partial charge in [-0.05, 0) is 48.7 Å². The first-order valence-corrected chi connectivity index (χ1v) is 7.55. The lowest BCUT2D eigenvalue weighted by Gasteiger charge is -2.15. The molecule has 0 atom stereocenters. The summed E-state index contributed by atoms with van der Waals surface area (Å²) in [7, 11) is 0. The lowest BCUT2D eigenvalue weighted by atomic mass is 10.1. The minimum absolute atomic E-state index is 0.0706. The number of hydrogen-bond acceptors (Lipinski definition) is 4. The van der Waals surface area contributed by atoms with Crippen LogP contribution in [0.3, 0.4) is 0 Å². The minimum Gasteiger partial charge on any atom is -0.267 e. The lowest BCUT2D eigenvalue weighted by Crippen LogP contribution is -2.35. The predicted octanol–water partition coefficient (Wildman–Crippen LogP) is 2.67. The summed E-state index contributed by atoms with van der Waals surface area (Å²) in [5.41, 5.74) is 5.39. The van der Waals surface area contributed by atoms with Crippen LogP contribution in [-0.4, -0.2) is 16.7 Å². The van der Waals surface area contributed by atoms with Gasteiger partial charge in [0.15, 0.2) is 0 Å². The van der Waals surface area contributed by atoms with Crippen molar-refractivity contribution in [1.29, 1.82) is 0 Å². The normalized spacial score (nSPS) is 15.6. The van der Waals surface area contributed by atoms with Crippen LogP contribution in [-0.2, 0) is 9.59 Å². The molecule has 25 heavy (non-hydrogen) atoms. The van der Waals surface area contributed by atoms with Gasteiger partial charge in [0.1, 0.15) is 5.57 Å². The van der Waals surface area contributed by atoms with Crippen LogP contribution >= 0.6 is 0 Å². The van der Waals surface area contributed by atoms with E-state index in [1.165, 1.54) is 29.3 Å². The number of anilines is 1. The summed E-state index contributed by atoms with van der Waals surface area (Å²) in [6.45, 7) is 3.87. The number of non-ortho nitro benzene ring substituents is 1. The SMILES string of the molecule is Cc1ccc(N2NC(=O)/C(=C/c3cccc([N+](=O)[O-])c3)C2=O)cc1C. The second-order valence-electron chi connectivity index (χ2n) is 5.76. The third-order valence-corrected chi connectivity index (χ3v) is 4.03. The van der Waals surface area contributed by atoms with Gasteiger partial charge in [-0.25, -0.2) is 5.01 Å². The monoisotopic (exact) mass is 337 g/mol. The fourth-order valence-corrected chi connectivity index (χ4v) is 2.50. The molecule has 2 amide bonds. The molecule has 1 N–H and O–H groups in total. The molecule has 2 aromatic carbocycles. The maximum Gasteiger partial charge on any atom is 0.282 e. The molecule has 1 heterocycles. The summed E-state index contributed by atoms with van der Waals surface area (Å²) in [6.07, 6.45) is 1.35. The van der Waals surface area contributed by atoms with Crippen molar-refractivity contribution in [2.24, 2.45) is 0 Å². The molecular weight excluding hydrogens is 322 g/mol. The highest BCUT2D eigenvalue weighted by Crippen LogP contribution is 2.24. The third-order valence-electron chi connectivity index (χ3n) is 4.03. The zero-order chi connectivity index (χ0) is 18.1. The van der Waals surface area contributed by atoms with E-state index in [1.54, 1.807) is 12.1 Å². The van der Waals surface area contributed by atoms with Crippen LogP contribution in [0.5, 0.6) is 0 Å². The molecule has 0 saturated carbocycles. The standard InChI is InChI=1S/C18H15N3O4/c1-11-6-7-14(8-12(11)2)20-18(23)16(17(22)19-20)10-13-4-3-5-15(9-13)21(24)25/h3-10H,1-2H3,(H,19,22)/b16-10-. The zero-order valence-corrected chi connectivity index (χ0v) is 13.6. The summed E-state index contributed by atoms with van der Waals surface area (Å²) >= 11 is 0. The molecule has 126 valence electrons. The van der Waals surface area contributed by atoms with Crippen LogP contribution in [0.2, 0.25) is 0 Å². The predicted molar refractivity (Wildman–Crippen MR) is 92.6 cm³/mol. The summed E-state index contributed by atoms with van der Waals surface area (Å²) in [6, 6.07) is 11.2. The van der Waals surface area contributed by atoms with Gasteiger partial charge in [0, 0.05) is 12.1 Å². The first-order chi connectivity index (χ1) is 11.9. The fraction of sp³-hybridized carbons (Fsp3) is 0.111. The van der Waals surface area contributed by atoms with E-state index >= 15 is 0 Å². The summed E-state index contributed by atoms with van der Waals surface area (Å²) in [5, 5.41) is 12.0. The maximum absolute atomic E-state index is 12.6. The highest BCUT2D eigenvalue weighted by molar-refractivity contribution is 6.31. The molecule has 0 aromatic heterocycles. The number of benzene rings is 2. The maximum atomic E-state index is 12.6. The second kappa shape index (κ2) is 6.20. The molecule has 1 fully saturated rings. The van der Waals surface area contributed by atoms with Crippen LogP contribution in [0.4, 0.5) is 11.4 Å². The van der Waals surface area contributed by atoms with Gasteiger partial charge in [-0.3, -0.25) is 25.1 Å². The number of amides is 2. The smallest absolute Gasteiger partial charge is 0.267 e. The Labute approximate surface area is 143 Å². The van der Waals surface area contributed by atoms with E-state index in [9.17, 15) is 19.7 Å². The molecule has 0 radical (unpaired) electrons. The van der Waals surface area contributed by atoms with Crippen LogP contribution in [0.1, 0.15) is 16.7 Å². The van der Waals surface area contributed by atoms with E-state index in [2.05, 4.69) is 5.43 Å². The number of hydrazine groups is 1. The lowest BCUT2D eigenvalue weighted by molar-refractivity contribution is -0.384. The Kier molecular flexibility index (Phi) is 4.06. The van der Waals surface area contributed by atoms with Crippen molar-refractivity contribution in [2.45, 2.75) is 13.8 Å². The molecule has 1 aliphatic heterocycles. The van der Waals surface area contributed by atoms with Crippen LogP contribution in [0.25, 0.3) is 6.08 Å². The Morgan fingerprint density at radius 1 is 1.08 bits per heavy atom. The Morgan fingerprint density at radius 3 is 2.52 bits per heavy atom. The average Bonchev–Trinajstić information content (AvgIpc) is 2.86. The highest BCUT2D eigenvalue weighted by Gasteiger charge is 2.34. The second-order valence-corrected chi connectivity index (χ2v) is 5.76. The summed E-state index contributed by atoms with van der Waals surface area (Å²) in [5.74, 6) is -1.05. The molecule has 0 spiro atoms. The molecule has 2 aromatic rings. The van der Waals surface area contributed by atoms with Crippen molar-refractivity contribution in [3.63, 3.8) is 0 Å². The van der Waals surface area contributed by atoms with Gasteiger partial charge in [0.2, 0.25) is 0 Å². The van der Waals surface area contributed by atoms with E-state index in [0.29, 0.717) is 11.3 Å². The summed E-state index contributed by atoms with van der Waals surface area (Å²) < 4.78 is 0. The first-order valence-electron chi connectivity index (χ1n) is 7.55. The van der Waals surface area contributed by atoms with Crippen molar-refractivity contribution in [1.82, 2.24) is 5.43 Å². The molecule has 7 nitrogen and oxygen atoms in total. The number of carbonyl (C=O) groups excluding carboxylic acids is 2. The molecule has 1 saturated heterocycles. The average molecular weight is 337 g/mol. The Balaban J connectivity index is 1.94. The topological polar surface area (TPSA) is 92.6 Å². The zero-order valence-electron chi connectivity index (χ0n) is 13.6. The van der Waals surface area contributed by atoms with Crippen molar-refractivity contribution in [2.75, 3.05) is 5.01 Å². The van der Waals surface area contributed by atoms with Gasteiger partial charge in [-0.2, -0.15) is 0 Å². The first kappa shape index (κ1) is 16.4. The highest BCUT2D eigenvalue weighted by atomic mass is 16.6. The number of hydrogen-bond donors (Lipinski definition) is 1. The van der Waals surface area contributed by atoms with E-state index < -0.39 is 16.7 Å². The van der Waals surface area contributed by atoms with Gasteiger partial charge in [0.05, 0.1) is 10.6 Å². The Bertz CT molecular complexity index is 934. The fourth-order valence-electron chi connectivity index (χ4n) is 2.50.